The third kappa shape index (κ3) is 3.17. The zero-order valence-corrected chi connectivity index (χ0v) is 14.5. The van der Waals surface area contributed by atoms with Gasteiger partial charge < -0.3 is 14.0 Å². The molecule has 126 valence electrons. The van der Waals surface area contributed by atoms with E-state index in [1.54, 1.807) is 18.3 Å². The molecule has 2 heterocycles. The highest BCUT2D eigenvalue weighted by molar-refractivity contribution is 5.69. The predicted molar refractivity (Wildman–Crippen MR) is 93.3 cm³/mol. The van der Waals surface area contributed by atoms with Crippen molar-refractivity contribution in [1.82, 2.24) is 10.1 Å². The fraction of sp³-hybridized carbons (Fsp3) is 0.211. The van der Waals surface area contributed by atoms with Crippen LogP contribution >= 0.6 is 0 Å². The van der Waals surface area contributed by atoms with Crippen molar-refractivity contribution in [3.8, 4) is 28.5 Å². The van der Waals surface area contributed by atoms with E-state index in [0.29, 0.717) is 28.8 Å². The van der Waals surface area contributed by atoms with Crippen molar-refractivity contribution in [2.75, 3.05) is 7.11 Å². The van der Waals surface area contributed by atoms with Gasteiger partial charge in [0, 0.05) is 17.3 Å². The Bertz CT molecular complexity index is 951. The lowest BCUT2D eigenvalue weighted by Gasteiger charge is -2.13. The van der Waals surface area contributed by atoms with E-state index in [1.165, 1.54) is 7.11 Å². The number of aryl methyl sites for hydroxylation is 3. The van der Waals surface area contributed by atoms with Crippen LogP contribution in [0.1, 0.15) is 17.0 Å². The van der Waals surface area contributed by atoms with Crippen LogP contribution < -0.4 is 9.47 Å². The lowest BCUT2D eigenvalue weighted by Crippen LogP contribution is -1.96. The van der Waals surface area contributed by atoms with Gasteiger partial charge in [0.2, 0.25) is 0 Å². The van der Waals surface area contributed by atoms with Gasteiger partial charge in [-0.3, -0.25) is 0 Å². The van der Waals surface area contributed by atoms with Gasteiger partial charge in [-0.25, -0.2) is 9.83 Å². The number of aromatic nitrogens is 2. The average Bonchev–Trinajstić information content (AvgIpc) is 2.95. The molecule has 0 radical (unpaired) electrons. The van der Waals surface area contributed by atoms with E-state index < -0.39 is 0 Å². The minimum atomic E-state index is 0.364. The Kier molecular flexibility index (Phi) is 4.40. The molecule has 0 unspecified atom stereocenters. The molecule has 0 spiro atoms. The third-order valence-electron chi connectivity index (χ3n) is 3.85. The summed E-state index contributed by atoms with van der Waals surface area (Å²) in [7, 11) is 1.53. The first kappa shape index (κ1) is 16.5. The number of pyridine rings is 1. The van der Waals surface area contributed by atoms with E-state index in [1.807, 2.05) is 32.9 Å². The van der Waals surface area contributed by atoms with Gasteiger partial charge in [-0.2, -0.15) is 0 Å². The first-order valence-electron chi connectivity index (χ1n) is 7.66. The molecule has 2 aromatic heterocycles. The quantitative estimate of drug-likeness (QED) is 0.627. The van der Waals surface area contributed by atoms with E-state index in [4.69, 9.17) is 20.6 Å². The van der Waals surface area contributed by atoms with E-state index in [9.17, 15) is 0 Å². The van der Waals surface area contributed by atoms with Gasteiger partial charge in [0.15, 0.2) is 11.4 Å². The summed E-state index contributed by atoms with van der Waals surface area (Å²) in [5, 5.41) is 3.98. The highest BCUT2D eigenvalue weighted by Gasteiger charge is 2.16. The van der Waals surface area contributed by atoms with Crippen molar-refractivity contribution < 1.29 is 14.0 Å². The molecule has 0 fully saturated rings. The van der Waals surface area contributed by atoms with Crippen molar-refractivity contribution in [2.24, 2.45) is 0 Å². The molecule has 0 atom stereocenters. The second-order valence-corrected chi connectivity index (χ2v) is 5.59. The second kappa shape index (κ2) is 6.65. The van der Waals surface area contributed by atoms with Crippen LogP contribution in [0.3, 0.4) is 0 Å². The van der Waals surface area contributed by atoms with E-state index in [-0.39, 0.29) is 0 Å². The smallest absolute Gasteiger partial charge is 0.257 e. The number of hydrogen-bond donors (Lipinski definition) is 0. The number of ether oxygens (including phenoxy) is 2. The summed E-state index contributed by atoms with van der Waals surface area (Å²) in [6.45, 7) is 12.8. The maximum atomic E-state index is 7.16. The van der Waals surface area contributed by atoms with Gasteiger partial charge in [0.25, 0.3) is 5.88 Å². The Balaban J connectivity index is 2.07. The second-order valence-electron chi connectivity index (χ2n) is 5.59. The Labute approximate surface area is 145 Å². The predicted octanol–water partition coefficient (Wildman–Crippen LogP) is 5.01. The summed E-state index contributed by atoms with van der Waals surface area (Å²) in [6, 6.07) is 7.14. The van der Waals surface area contributed by atoms with Crippen LogP contribution in [0.4, 0.5) is 5.69 Å². The topological polar surface area (TPSA) is 61.7 Å². The van der Waals surface area contributed by atoms with Crippen LogP contribution in [-0.4, -0.2) is 17.3 Å². The first-order valence-corrected chi connectivity index (χ1v) is 7.66. The number of benzene rings is 1. The SMILES string of the molecule is [C-]#[N+]c1ccc(C)c(Oc2cc(-c3c(C)noc3C)cnc2OC)c1. The Morgan fingerprint density at radius 1 is 1.12 bits per heavy atom. The molecule has 0 saturated heterocycles. The summed E-state index contributed by atoms with van der Waals surface area (Å²) in [5.74, 6) is 2.12. The largest absolute Gasteiger partial charge is 0.478 e. The third-order valence-corrected chi connectivity index (χ3v) is 3.85. The maximum absolute atomic E-state index is 7.16. The average molecular weight is 335 g/mol. The molecule has 0 N–H and O–H groups in total. The molecule has 25 heavy (non-hydrogen) atoms. The molecule has 3 rings (SSSR count). The van der Waals surface area contributed by atoms with Gasteiger partial charge >= 0.3 is 0 Å². The molecule has 6 heteroatoms. The molecular formula is C19H17N3O3. The summed E-state index contributed by atoms with van der Waals surface area (Å²) in [6.07, 6.45) is 1.70. The zero-order valence-electron chi connectivity index (χ0n) is 14.5. The number of methoxy groups -OCH3 is 1. The van der Waals surface area contributed by atoms with Crippen molar-refractivity contribution in [3.05, 3.63) is 58.9 Å². The number of nitrogens with zero attached hydrogens (tertiary/aromatic N) is 3. The van der Waals surface area contributed by atoms with E-state index in [0.717, 1.165) is 22.4 Å². The van der Waals surface area contributed by atoms with Gasteiger partial charge in [0.1, 0.15) is 11.5 Å². The summed E-state index contributed by atoms with van der Waals surface area (Å²) >= 11 is 0. The molecule has 0 amide bonds. The minimum Gasteiger partial charge on any atom is -0.478 e. The fourth-order valence-electron chi connectivity index (χ4n) is 2.58. The first-order chi connectivity index (χ1) is 12.0. The van der Waals surface area contributed by atoms with Crippen LogP contribution in [0.5, 0.6) is 17.4 Å². The maximum Gasteiger partial charge on any atom is 0.257 e. The molecule has 0 saturated carbocycles. The van der Waals surface area contributed by atoms with Gasteiger partial charge in [-0.05, 0) is 38.5 Å². The van der Waals surface area contributed by atoms with Crippen molar-refractivity contribution in [3.63, 3.8) is 0 Å². The molecule has 0 aliphatic carbocycles. The van der Waals surface area contributed by atoms with Crippen LogP contribution in [0.15, 0.2) is 35.0 Å². The normalized spacial score (nSPS) is 10.4. The fourth-order valence-corrected chi connectivity index (χ4v) is 2.58. The summed E-state index contributed by atoms with van der Waals surface area (Å²) in [5.41, 5.74) is 3.91. The molecule has 0 bridgehead atoms. The molecule has 6 nitrogen and oxygen atoms in total. The Hall–Kier alpha value is -3.33. The van der Waals surface area contributed by atoms with Crippen LogP contribution in [-0.2, 0) is 0 Å². The van der Waals surface area contributed by atoms with Crippen molar-refractivity contribution in [1.29, 1.82) is 0 Å². The monoisotopic (exact) mass is 335 g/mol. The van der Waals surface area contributed by atoms with E-state index in [2.05, 4.69) is 15.0 Å². The van der Waals surface area contributed by atoms with Crippen LogP contribution in [0.25, 0.3) is 16.0 Å². The van der Waals surface area contributed by atoms with Crippen molar-refractivity contribution >= 4 is 5.69 Å². The highest BCUT2D eigenvalue weighted by Crippen LogP contribution is 2.37. The molecule has 1 aromatic carbocycles. The van der Waals surface area contributed by atoms with E-state index >= 15 is 0 Å². The molecular weight excluding hydrogens is 318 g/mol. The minimum absolute atomic E-state index is 0.364. The highest BCUT2D eigenvalue weighted by atomic mass is 16.5. The van der Waals surface area contributed by atoms with Crippen LogP contribution in [0.2, 0.25) is 0 Å². The van der Waals surface area contributed by atoms with Crippen molar-refractivity contribution in [2.45, 2.75) is 20.8 Å². The van der Waals surface area contributed by atoms with Gasteiger partial charge in [-0.1, -0.05) is 17.3 Å². The lowest BCUT2D eigenvalue weighted by atomic mass is 10.1. The zero-order chi connectivity index (χ0) is 18.0. The Morgan fingerprint density at radius 2 is 1.92 bits per heavy atom. The summed E-state index contributed by atoms with van der Waals surface area (Å²) in [4.78, 5) is 7.77. The number of hydrogen-bond acceptors (Lipinski definition) is 5. The van der Waals surface area contributed by atoms with Gasteiger partial charge in [-0.15, -0.1) is 0 Å². The Morgan fingerprint density at radius 3 is 2.56 bits per heavy atom. The molecule has 0 aliphatic heterocycles. The summed E-state index contributed by atoms with van der Waals surface area (Å²) < 4.78 is 16.6. The standard InChI is InChI=1S/C19H17N3O3/c1-11-6-7-15(20-4)9-16(11)24-17-8-14(10-21-19(17)23-5)18-12(2)22-25-13(18)3/h6-10H,1-3,5H3. The molecule has 3 aromatic rings. The number of rotatable bonds is 4. The van der Waals surface area contributed by atoms with Crippen LogP contribution in [0, 0.1) is 27.3 Å². The molecule has 0 aliphatic rings. The van der Waals surface area contributed by atoms with Gasteiger partial charge in [0.05, 0.1) is 19.4 Å². The lowest BCUT2D eigenvalue weighted by molar-refractivity contribution is 0.363.